The molecule has 1 rings (SSSR count). The molecular formula is C15H32N2. The Hall–Kier alpha value is -0.0800. The van der Waals surface area contributed by atoms with Crippen LogP contribution in [0, 0.1) is 5.92 Å². The van der Waals surface area contributed by atoms with Crippen LogP contribution in [0.5, 0.6) is 0 Å². The van der Waals surface area contributed by atoms with E-state index in [1.807, 2.05) is 0 Å². The molecule has 102 valence electrons. The molecule has 1 aliphatic heterocycles. The van der Waals surface area contributed by atoms with E-state index in [0.29, 0.717) is 0 Å². The van der Waals surface area contributed by atoms with Crippen LogP contribution < -0.4 is 5.32 Å². The van der Waals surface area contributed by atoms with Crippen molar-refractivity contribution in [3.8, 4) is 0 Å². The molecule has 1 saturated heterocycles. The predicted octanol–water partition coefficient (Wildman–Crippen LogP) is 3.28. The van der Waals surface area contributed by atoms with Crippen LogP contribution in [0.4, 0.5) is 0 Å². The average Bonchev–Trinajstić information content (AvgIpc) is 2.78. The maximum atomic E-state index is 3.64. The Balaban J connectivity index is 2.50. The SMILES string of the molecule is CCCCN(CC1CCCN1)C(CC)C(C)C. The topological polar surface area (TPSA) is 15.3 Å². The number of rotatable bonds is 8. The van der Waals surface area contributed by atoms with E-state index in [2.05, 4.69) is 37.9 Å². The largest absolute Gasteiger partial charge is 0.313 e. The van der Waals surface area contributed by atoms with Crippen molar-refractivity contribution in [3.63, 3.8) is 0 Å². The van der Waals surface area contributed by atoms with Gasteiger partial charge in [-0.05, 0) is 44.7 Å². The lowest BCUT2D eigenvalue weighted by Crippen LogP contribution is -2.45. The first kappa shape index (κ1) is 15.0. The van der Waals surface area contributed by atoms with Crippen molar-refractivity contribution in [2.24, 2.45) is 5.92 Å². The van der Waals surface area contributed by atoms with Gasteiger partial charge in [0, 0.05) is 18.6 Å². The van der Waals surface area contributed by atoms with Crippen LogP contribution in [-0.2, 0) is 0 Å². The lowest BCUT2D eigenvalue weighted by atomic mass is 9.98. The van der Waals surface area contributed by atoms with E-state index in [9.17, 15) is 0 Å². The van der Waals surface area contributed by atoms with Crippen LogP contribution in [0.15, 0.2) is 0 Å². The molecule has 0 aromatic rings. The lowest BCUT2D eigenvalue weighted by molar-refractivity contribution is 0.136. The predicted molar refractivity (Wildman–Crippen MR) is 76.4 cm³/mol. The van der Waals surface area contributed by atoms with Crippen molar-refractivity contribution >= 4 is 0 Å². The van der Waals surface area contributed by atoms with Gasteiger partial charge in [0.15, 0.2) is 0 Å². The second-order valence-corrected chi connectivity index (χ2v) is 5.86. The van der Waals surface area contributed by atoms with Crippen LogP contribution in [0.25, 0.3) is 0 Å². The molecule has 0 saturated carbocycles. The van der Waals surface area contributed by atoms with Gasteiger partial charge in [0.2, 0.25) is 0 Å². The summed E-state index contributed by atoms with van der Waals surface area (Å²) in [5.41, 5.74) is 0. The Morgan fingerprint density at radius 2 is 2.06 bits per heavy atom. The second kappa shape index (κ2) is 8.10. The molecule has 1 heterocycles. The quantitative estimate of drug-likeness (QED) is 0.700. The normalized spacial score (nSPS) is 22.6. The van der Waals surface area contributed by atoms with Crippen LogP contribution in [0.3, 0.4) is 0 Å². The highest BCUT2D eigenvalue weighted by Gasteiger charge is 2.24. The zero-order chi connectivity index (χ0) is 12.7. The summed E-state index contributed by atoms with van der Waals surface area (Å²) in [5.74, 6) is 0.776. The molecule has 0 bridgehead atoms. The van der Waals surface area contributed by atoms with Gasteiger partial charge in [-0.15, -0.1) is 0 Å². The molecular weight excluding hydrogens is 208 g/mol. The second-order valence-electron chi connectivity index (χ2n) is 5.86. The summed E-state index contributed by atoms with van der Waals surface area (Å²) in [4.78, 5) is 2.75. The van der Waals surface area contributed by atoms with Gasteiger partial charge >= 0.3 is 0 Å². The lowest BCUT2D eigenvalue weighted by Gasteiger charge is -2.35. The summed E-state index contributed by atoms with van der Waals surface area (Å²) < 4.78 is 0. The van der Waals surface area contributed by atoms with Gasteiger partial charge in [-0.1, -0.05) is 34.1 Å². The molecule has 0 radical (unpaired) electrons. The Bertz CT molecular complexity index is 185. The molecule has 2 atom stereocenters. The third kappa shape index (κ3) is 4.97. The van der Waals surface area contributed by atoms with E-state index in [-0.39, 0.29) is 0 Å². The Morgan fingerprint density at radius 1 is 1.29 bits per heavy atom. The number of unbranched alkanes of at least 4 members (excludes halogenated alkanes) is 1. The fraction of sp³-hybridized carbons (Fsp3) is 1.00. The first-order valence-electron chi connectivity index (χ1n) is 7.66. The van der Waals surface area contributed by atoms with E-state index in [1.165, 1.54) is 51.7 Å². The van der Waals surface area contributed by atoms with Gasteiger partial charge < -0.3 is 5.32 Å². The van der Waals surface area contributed by atoms with Crippen LogP contribution >= 0.6 is 0 Å². The monoisotopic (exact) mass is 240 g/mol. The summed E-state index contributed by atoms with van der Waals surface area (Å²) >= 11 is 0. The van der Waals surface area contributed by atoms with Crippen LogP contribution in [-0.4, -0.2) is 36.6 Å². The summed E-state index contributed by atoms with van der Waals surface area (Å²) in [6.07, 6.45) is 6.68. The minimum absolute atomic E-state index is 0.750. The first-order valence-corrected chi connectivity index (χ1v) is 7.66. The van der Waals surface area contributed by atoms with Gasteiger partial charge in [0.05, 0.1) is 0 Å². The first-order chi connectivity index (χ1) is 8.19. The summed E-state index contributed by atoms with van der Waals surface area (Å²) in [6.45, 7) is 13.1. The van der Waals surface area contributed by atoms with Gasteiger partial charge in [0.25, 0.3) is 0 Å². The van der Waals surface area contributed by atoms with Crippen molar-refractivity contribution < 1.29 is 0 Å². The highest BCUT2D eigenvalue weighted by molar-refractivity contribution is 4.82. The molecule has 0 aromatic heterocycles. The van der Waals surface area contributed by atoms with Crippen molar-refractivity contribution in [2.75, 3.05) is 19.6 Å². The van der Waals surface area contributed by atoms with E-state index < -0.39 is 0 Å². The Kier molecular flexibility index (Phi) is 7.14. The highest BCUT2D eigenvalue weighted by Crippen LogP contribution is 2.18. The summed E-state index contributed by atoms with van der Waals surface area (Å²) in [7, 11) is 0. The molecule has 1 N–H and O–H groups in total. The highest BCUT2D eigenvalue weighted by atomic mass is 15.2. The average molecular weight is 240 g/mol. The molecule has 0 spiro atoms. The smallest absolute Gasteiger partial charge is 0.0195 e. The summed E-state index contributed by atoms with van der Waals surface area (Å²) in [5, 5.41) is 3.64. The fourth-order valence-electron chi connectivity index (χ4n) is 3.10. The Labute approximate surface area is 108 Å². The molecule has 0 amide bonds. The molecule has 2 unspecified atom stereocenters. The van der Waals surface area contributed by atoms with Crippen LogP contribution in [0.2, 0.25) is 0 Å². The zero-order valence-corrected chi connectivity index (χ0v) is 12.3. The molecule has 2 nitrogen and oxygen atoms in total. The minimum Gasteiger partial charge on any atom is -0.313 e. The zero-order valence-electron chi connectivity index (χ0n) is 12.3. The maximum Gasteiger partial charge on any atom is 0.0195 e. The molecule has 17 heavy (non-hydrogen) atoms. The molecule has 2 heteroatoms. The molecule has 0 aliphatic carbocycles. The fourth-order valence-corrected chi connectivity index (χ4v) is 3.10. The Morgan fingerprint density at radius 3 is 2.53 bits per heavy atom. The third-order valence-corrected chi connectivity index (χ3v) is 4.07. The van der Waals surface area contributed by atoms with Crippen molar-refractivity contribution in [2.45, 2.75) is 71.9 Å². The van der Waals surface area contributed by atoms with Gasteiger partial charge in [-0.2, -0.15) is 0 Å². The van der Waals surface area contributed by atoms with Crippen molar-refractivity contribution in [3.05, 3.63) is 0 Å². The third-order valence-electron chi connectivity index (χ3n) is 4.07. The van der Waals surface area contributed by atoms with Crippen molar-refractivity contribution in [1.82, 2.24) is 10.2 Å². The number of nitrogens with zero attached hydrogens (tertiary/aromatic N) is 1. The number of hydrogen-bond acceptors (Lipinski definition) is 2. The van der Waals surface area contributed by atoms with E-state index in [4.69, 9.17) is 0 Å². The molecule has 1 aliphatic rings. The van der Waals surface area contributed by atoms with Gasteiger partial charge in [-0.3, -0.25) is 4.90 Å². The van der Waals surface area contributed by atoms with Gasteiger partial charge in [-0.25, -0.2) is 0 Å². The van der Waals surface area contributed by atoms with Crippen molar-refractivity contribution in [1.29, 1.82) is 0 Å². The van der Waals surface area contributed by atoms with E-state index in [1.54, 1.807) is 0 Å². The molecule has 0 aromatic carbocycles. The van der Waals surface area contributed by atoms with Crippen LogP contribution in [0.1, 0.15) is 59.8 Å². The standard InChI is InChI=1S/C15H32N2/c1-5-7-11-17(15(6-2)13(3)4)12-14-9-8-10-16-14/h13-16H,5-12H2,1-4H3. The molecule has 1 fully saturated rings. The van der Waals surface area contributed by atoms with E-state index in [0.717, 1.165) is 18.0 Å². The number of hydrogen-bond donors (Lipinski definition) is 1. The maximum absolute atomic E-state index is 3.64. The number of nitrogens with one attached hydrogen (secondary N) is 1. The minimum atomic E-state index is 0.750. The van der Waals surface area contributed by atoms with Gasteiger partial charge in [0.1, 0.15) is 0 Å². The van der Waals surface area contributed by atoms with E-state index >= 15 is 0 Å². The summed E-state index contributed by atoms with van der Waals surface area (Å²) in [6, 6.07) is 1.52.